The summed E-state index contributed by atoms with van der Waals surface area (Å²) in [5.74, 6) is 0. The smallest absolute Gasteiger partial charge is 0.0543 e. The van der Waals surface area contributed by atoms with Crippen molar-refractivity contribution >= 4 is 48.6 Å². The molecule has 0 amide bonds. The molecule has 0 saturated heterocycles. The zero-order chi connectivity index (χ0) is 41.7. The van der Waals surface area contributed by atoms with E-state index < -0.39 is 0 Å². The maximum atomic E-state index is 2.53. The quantitative estimate of drug-likeness (QED) is 0.162. The van der Waals surface area contributed by atoms with Crippen LogP contribution < -0.4 is 4.90 Å². The predicted molar refractivity (Wildman–Crippen MR) is 265 cm³/mol. The number of nitrogens with zero attached hydrogens (tertiary/aromatic N) is 1. The van der Waals surface area contributed by atoms with Crippen LogP contribution in [0.2, 0.25) is 0 Å². The molecule has 0 N–H and O–H groups in total. The second kappa shape index (κ2) is 13.8. The number of thiophene rings is 1. The third-order valence-electron chi connectivity index (χ3n) is 13.9. The van der Waals surface area contributed by atoms with E-state index in [9.17, 15) is 0 Å². The highest BCUT2D eigenvalue weighted by atomic mass is 32.1. The minimum atomic E-state index is -0.129. The molecule has 2 aliphatic carbocycles. The Morgan fingerprint density at radius 2 is 0.952 bits per heavy atom. The van der Waals surface area contributed by atoms with E-state index >= 15 is 0 Å². The van der Waals surface area contributed by atoms with E-state index in [-0.39, 0.29) is 10.8 Å². The summed E-state index contributed by atoms with van der Waals surface area (Å²) in [6, 6.07) is 74.9. The van der Waals surface area contributed by atoms with Crippen molar-refractivity contribution in [2.45, 2.75) is 38.5 Å². The summed E-state index contributed by atoms with van der Waals surface area (Å²) in [5.41, 5.74) is 21.3. The van der Waals surface area contributed by atoms with Crippen molar-refractivity contribution in [2.75, 3.05) is 4.90 Å². The molecule has 62 heavy (non-hydrogen) atoms. The van der Waals surface area contributed by atoms with Gasteiger partial charge in [0.25, 0.3) is 0 Å². The van der Waals surface area contributed by atoms with Crippen molar-refractivity contribution in [3.63, 3.8) is 0 Å². The Morgan fingerprint density at radius 1 is 0.339 bits per heavy atom. The Balaban J connectivity index is 1.04. The Bertz CT molecular complexity index is 3420. The Morgan fingerprint density at radius 3 is 1.84 bits per heavy atom. The number of hydrogen-bond acceptors (Lipinski definition) is 2. The largest absolute Gasteiger partial charge is 0.309 e. The van der Waals surface area contributed by atoms with Crippen LogP contribution in [0.3, 0.4) is 0 Å². The summed E-state index contributed by atoms with van der Waals surface area (Å²) in [5, 5.41) is 2.62. The fourth-order valence-corrected chi connectivity index (χ4v) is 11.8. The number of para-hydroxylation sites is 1. The minimum Gasteiger partial charge on any atom is -0.309 e. The number of fused-ring (bicyclic) bond motifs is 9. The van der Waals surface area contributed by atoms with E-state index in [4.69, 9.17) is 0 Å². The van der Waals surface area contributed by atoms with Crippen LogP contribution in [0.4, 0.5) is 17.1 Å². The molecule has 0 unspecified atom stereocenters. The Hall–Kier alpha value is -7.00. The van der Waals surface area contributed by atoms with Gasteiger partial charge in [-0.15, -0.1) is 11.3 Å². The molecular formula is C60H45NS. The predicted octanol–water partition coefficient (Wildman–Crippen LogP) is 17.1. The average Bonchev–Trinajstić information content (AvgIpc) is 3.89. The number of benzene rings is 9. The lowest BCUT2D eigenvalue weighted by atomic mass is 9.81. The van der Waals surface area contributed by atoms with Gasteiger partial charge in [-0.25, -0.2) is 0 Å². The van der Waals surface area contributed by atoms with Gasteiger partial charge in [-0.05, 0) is 121 Å². The van der Waals surface area contributed by atoms with Crippen molar-refractivity contribution < 1.29 is 0 Å². The molecule has 0 spiro atoms. The molecule has 0 atom stereocenters. The monoisotopic (exact) mass is 811 g/mol. The maximum absolute atomic E-state index is 2.53. The molecule has 0 radical (unpaired) electrons. The van der Waals surface area contributed by atoms with Gasteiger partial charge in [0.05, 0.1) is 11.4 Å². The highest BCUT2D eigenvalue weighted by Crippen LogP contribution is 2.56. The Labute approximate surface area is 368 Å². The van der Waals surface area contributed by atoms with E-state index in [2.05, 4.69) is 233 Å². The van der Waals surface area contributed by atoms with Gasteiger partial charge < -0.3 is 4.90 Å². The summed E-state index contributed by atoms with van der Waals surface area (Å²) < 4.78 is 2.64. The van der Waals surface area contributed by atoms with Gasteiger partial charge in [-0.1, -0.05) is 173 Å². The van der Waals surface area contributed by atoms with Crippen LogP contribution in [0.25, 0.3) is 75.8 Å². The molecule has 0 bridgehead atoms. The average molecular weight is 812 g/mol. The van der Waals surface area contributed by atoms with Gasteiger partial charge >= 0.3 is 0 Å². The van der Waals surface area contributed by atoms with Crippen molar-refractivity contribution in [1.29, 1.82) is 0 Å². The van der Waals surface area contributed by atoms with E-state index in [1.54, 1.807) is 0 Å². The topological polar surface area (TPSA) is 3.24 Å². The lowest BCUT2D eigenvalue weighted by Gasteiger charge is -2.31. The van der Waals surface area contributed by atoms with Crippen molar-refractivity contribution in [3.8, 4) is 55.6 Å². The van der Waals surface area contributed by atoms with Crippen LogP contribution in [0.1, 0.15) is 49.9 Å². The first kappa shape index (κ1) is 36.8. The van der Waals surface area contributed by atoms with Crippen LogP contribution in [-0.4, -0.2) is 0 Å². The highest BCUT2D eigenvalue weighted by molar-refractivity contribution is 7.25. The molecule has 2 heteroatoms. The summed E-state index contributed by atoms with van der Waals surface area (Å²) in [7, 11) is 0. The molecule has 0 fully saturated rings. The number of anilines is 3. The molecule has 0 aliphatic heterocycles. The van der Waals surface area contributed by atoms with Gasteiger partial charge in [0.2, 0.25) is 0 Å². The summed E-state index contributed by atoms with van der Waals surface area (Å²) >= 11 is 1.87. The van der Waals surface area contributed by atoms with E-state index in [1.807, 2.05) is 11.3 Å². The number of hydrogen-bond donors (Lipinski definition) is 0. The van der Waals surface area contributed by atoms with Crippen molar-refractivity contribution in [2.24, 2.45) is 0 Å². The third-order valence-corrected chi connectivity index (χ3v) is 15.0. The second-order valence-electron chi connectivity index (χ2n) is 18.1. The molecule has 0 saturated carbocycles. The van der Waals surface area contributed by atoms with Gasteiger partial charge in [0.15, 0.2) is 0 Å². The molecular weight excluding hydrogens is 767 g/mol. The van der Waals surface area contributed by atoms with Crippen molar-refractivity contribution in [1.82, 2.24) is 0 Å². The summed E-state index contributed by atoms with van der Waals surface area (Å²) in [6.45, 7) is 9.49. The summed E-state index contributed by atoms with van der Waals surface area (Å²) in [4.78, 5) is 2.53. The van der Waals surface area contributed by atoms with Crippen LogP contribution in [0.15, 0.2) is 200 Å². The van der Waals surface area contributed by atoms with Gasteiger partial charge in [0.1, 0.15) is 0 Å². The fourth-order valence-electron chi connectivity index (χ4n) is 10.7. The molecule has 2 aliphatic rings. The van der Waals surface area contributed by atoms with Crippen LogP contribution in [-0.2, 0) is 10.8 Å². The SMILES string of the molecule is CC1(C)c2ccc(-c3cccc(N(c4ccccc4-c4ccc5sc6ccccc6c5c4)c4cccc5c4-c4ccccc4C5(C)C)c3)cc2-c2ccc(-c3ccccc3)cc21. The minimum absolute atomic E-state index is 0.105. The first-order chi connectivity index (χ1) is 30.3. The second-order valence-corrected chi connectivity index (χ2v) is 19.2. The highest BCUT2D eigenvalue weighted by Gasteiger charge is 2.39. The summed E-state index contributed by atoms with van der Waals surface area (Å²) in [6.07, 6.45) is 0. The van der Waals surface area contributed by atoms with Crippen LogP contribution in [0, 0.1) is 0 Å². The maximum Gasteiger partial charge on any atom is 0.0543 e. The first-order valence-corrected chi connectivity index (χ1v) is 22.6. The van der Waals surface area contributed by atoms with E-state index in [1.165, 1.54) is 104 Å². The van der Waals surface area contributed by atoms with Crippen LogP contribution in [0.5, 0.6) is 0 Å². The Kier molecular flexibility index (Phi) is 8.17. The first-order valence-electron chi connectivity index (χ1n) is 21.8. The fraction of sp³-hybridized carbons (Fsp3) is 0.100. The van der Waals surface area contributed by atoms with Gasteiger partial charge in [-0.2, -0.15) is 0 Å². The molecule has 1 aromatic heterocycles. The van der Waals surface area contributed by atoms with E-state index in [0.29, 0.717) is 0 Å². The third kappa shape index (κ3) is 5.53. The zero-order valence-corrected chi connectivity index (χ0v) is 36.2. The van der Waals surface area contributed by atoms with Crippen molar-refractivity contribution in [3.05, 3.63) is 222 Å². The lowest BCUT2D eigenvalue weighted by molar-refractivity contribution is 0.660. The van der Waals surface area contributed by atoms with Gasteiger partial charge in [0, 0.05) is 47.8 Å². The standard InChI is InChI=1S/C60H45NS/c1-59(2)50-23-11-8-22-47(50)58-52(59)24-15-26-55(58)61(54-25-12-9-20-44(54)42-30-33-57-49(36-42)46-21-10-13-27-56(46)62-57)43-19-14-18-39(34-43)40-29-32-51-48(35-40)45-31-28-41(37-53(45)60(51,3)4)38-16-6-5-7-17-38/h5-37H,1-4H3. The molecule has 10 aromatic rings. The molecule has 296 valence electrons. The number of rotatable bonds is 6. The lowest BCUT2D eigenvalue weighted by Crippen LogP contribution is -2.16. The van der Waals surface area contributed by atoms with Crippen LogP contribution >= 0.6 is 11.3 Å². The molecule has 1 nitrogen and oxygen atoms in total. The molecule has 1 heterocycles. The zero-order valence-electron chi connectivity index (χ0n) is 35.4. The van der Waals surface area contributed by atoms with Gasteiger partial charge in [-0.3, -0.25) is 0 Å². The normalized spacial score (nSPS) is 14.1. The molecule has 9 aromatic carbocycles. The molecule has 12 rings (SSSR count). The van der Waals surface area contributed by atoms with E-state index in [0.717, 1.165) is 11.4 Å².